The van der Waals surface area contributed by atoms with Crippen LogP contribution in [0.3, 0.4) is 0 Å². The van der Waals surface area contributed by atoms with Crippen LogP contribution in [0.2, 0.25) is 0 Å². The third-order valence-corrected chi connectivity index (χ3v) is 4.39. The Morgan fingerprint density at radius 2 is 2.31 bits per heavy atom. The number of rotatable bonds is 2. The zero-order valence-corrected chi connectivity index (χ0v) is 10.4. The van der Waals surface area contributed by atoms with E-state index >= 15 is 0 Å². The fraction of sp³-hybridized carbons (Fsp3) is 0.545. The number of hydrogen-bond donors (Lipinski definition) is 2. The quantitative estimate of drug-likeness (QED) is 0.824. The van der Waals surface area contributed by atoms with Crippen molar-refractivity contribution in [2.45, 2.75) is 30.0 Å². The molecule has 2 rings (SSSR count). The smallest absolute Gasteiger partial charge is 0.322 e. The van der Waals surface area contributed by atoms with E-state index in [4.69, 9.17) is 5.11 Å². The molecule has 0 aliphatic carbocycles. The summed E-state index contributed by atoms with van der Waals surface area (Å²) in [4.78, 5) is 11.1. The predicted octanol–water partition coefficient (Wildman–Crippen LogP) is 1.59. The van der Waals surface area contributed by atoms with Crippen LogP contribution in [0.4, 0.5) is 0 Å². The zero-order chi connectivity index (χ0) is 11.9. The molecule has 2 N–H and O–H groups in total. The molecule has 1 aromatic heterocycles. The highest BCUT2D eigenvalue weighted by atomic mass is 32.2. The van der Waals surface area contributed by atoms with Gasteiger partial charge in [0.05, 0.1) is 5.37 Å². The topological polar surface area (TPSA) is 54.3 Å². The summed E-state index contributed by atoms with van der Waals surface area (Å²) in [7, 11) is 1.97. The molecular weight excluding hydrogens is 224 g/mol. The monoisotopic (exact) mass is 240 g/mol. The van der Waals surface area contributed by atoms with Crippen molar-refractivity contribution in [3.05, 3.63) is 24.0 Å². The lowest BCUT2D eigenvalue weighted by Gasteiger charge is -2.20. The van der Waals surface area contributed by atoms with Gasteiger partial charge in [-0.25, -0.2) is 0 Å². The Bertz CT molecular complexity index is 414. The minimum atomic E-state index is -0.783. The second-order valence-electron chi connectivity index (χ2n) is 4.58. The van der Waals surface area contributed by atoms with Gasteiger partial charge in [0.1, 0.15) is 6.04 Å². The molecule has 0 spiro atoms. The number of carbonyl (C=O) groups is 1. The maximum atomic E-state index is 11.1. The van der Waals surface area contributed by atoms with Crippen LogP contribution in [0.25, 0.3) is 0 Å². The first kappa shape index (κ1) is 11.5. The fourth-order valence-electron chi connectivity index (χ4n) is 2.02. The average molecular weight is 240 g/mol. The second-order valence-corrected chi connectivity index (χ2v) is 6.34. The molecule has 0 bridgehead atoms. The Labute approximate surface area is 99.0 Å². The van der Waals surface area contributed by atoms with E-state index in [1.165, 1.54) is 0 Å². The van der Waals surface area contributed by atoms with Crippen molar-refractivity contribution < 1.29 is 9.90 Å². The molecule has 2 atom stereocenters. The van der Waals surface area contributed by atoms with Crippen molar-refractivity contribution in [2.24, 2.45) is 7.05 Å². The standard InChI is InChI=1S/C11H16N2O2S/c1-11(2)8(10(14)15)12-9(16-11)7-5-4-6-13(7)3/h4-6,8-9,12H,1-3H3,(H,14,15). The van der Waals surface area contributed by atoms with Crippen LogP contribution in [0.15, 0.2) is 18.3 Å². The van der Waals surface area contributed by atoms with Crippen LogP contribution in [-0.4, -0.2) is 26.4 Å². The summed E-state index contributed by atoms with van der Waals surface area (Å²) in [5, 5.41) is 12.4. The highest BCUT2D eigenvalue weighted by Gasteiger charge is 2.46. The molecule has 1 aliphatic rings. The van der Waals surface area contributed by atoms with Gasteiger partial charge in [0.2, 0.25) is 0 Å². The summed E-state index contributed by atoms with van der Waals surface area (Å²) in [6.07, 6.45) is 1.97. The van der Waals surface area contributed by atoms with Gasteiger partial charge in [-0.2, -0.15) is 0 Å². The zero-order valence-electron chi connectivity index (χ0n) is 9.60. The molecular formula is C11H16N2O2S. The minimum absolute atomic E-state index is 0.0519. The molecule has 1 aromatic rings. The number of aliphatic carboxylic acids is 1. The third kappa shape index (κ3) is 1.85. The van der Waals surface area contributed by atoms with Crippen LogP contribution in [0, 0.1) is 0 Å². The number of hydrogen-bond acceptors (Lipinski definition) is 3. The minimum Gasteiger partial charge on any atom is -0.480 e. The number of nitrogens with zero attached hydrogens (tertiary/aromatic N) is 1. The van der Waals surface area contributed by atoms with Gasteiger partial charge in [-0.1, -0.05) is 0 Å². The first-order chi connectivity index (χ1) is 7.42. The van der Waals surface area contributed by atoms with Gasteiger partial charge in [0.15, 0.2) is 0 Å². The molecule has 88 valence electrons. The van der Waals surface area contributed by atoms with Crippen molar-refractivity contribution >= 4 is 17.7 Å². The summed E-state index contributed by atoms with van der Waals surface area (Å²) in [5.41, 5.74) is 1.11. The van der Waals surface area contributed by atoms with Crippen molar-refractivity contribution in [2.75, 3.05) is 0 Å². The van der Waals surface area contributed by atoms with Crippen LogP contribution >= 0.6 is 11.8 Å². The Morgan fingerprint density at radius 1 is 1.62 bits per heavy atom. The Balaban J connectivity index is 2.24. The largest absolute Gasteiger partial charge is 0.480 e. The average Bonchev–Trinajstić information content (AvgIpc) is 2.68. The second kappa shape index (κ2) is 3.82. The van der Waals surface area contributed by atoms with Crippen molar-refractivity contribution in [1.29, 1.82) is 0 Å². The van der Waals surface area contributed by atoms with E-state index in [-0.39, 0.29) is 10.1 Å². The number of thioether (sulfide) groups is 1. The molecule has 16 heavy (non-hydrogen) atoms. The molecule has 1 aliphatic heterocycles. The summed E-state index contributed by atoms with van der Waals surface area (Å²) < 4.78 is 1.73. The van der Waals surface area contributed by atoms with Crippen molar-refractivity contribution in [1.82, 2.24) is 9.88 Å². The van der Waals surface area contributed by atoms with Gasteiger partial charge in [0.25, 0.3) is 0 Å². The third-order valence-electron chi connectivity index (χ3n) is 2.93. The highest BCUT2D eigenvalue weighted by Crippen LogP contribution is 2.45. The maximum Gasteiger partial charge on any atom is 0.322 e. The normalized spacial score (nSPS) is 28.2. The molecule has 1 saturated heterocycles. The molecule has 4 nitrogen and oxygen atoms in total. The van der Waals surface area contributed by atoms with E-state index < -0.39 is 12.0 Å². The molecule has 2 unspecified atom stereocenters. The van der Waals surface area contributed by atoms with E-state index in [0.717, 1.165) is 5.69 Å². The molecule has 0 aromatic carbocycles. The highest BCUT2D eigenvalue weighted by molar-refractivity contribution is 8.01. The van der Waals surface area contributed by atoms with E-state index in [1.54, 1.807) is 11.8 Å². The number of carboxylic acids is 1. The number of aryl methyl sites for hydroxylation is 1. The van der Waals surface area contributed by atoms with Crippen LogP contribution < -0.4 is 5.32 Å². The van der Waals surface area contributed by atoms with Crippen molar-refractivity contribution in [3.63, 3.8) is 0 Å². The summed E-state index contributed by atoms with van der Waals surface area (Å²) in [6, 6.07) is 3.49. The maximum absolute atomic E-state index is 11.1. The van der Waals surface area contributed by atoms with Gasteiger partial charge >= 0.3 is 5.97 Å². The summed E-state index contributed by atoms with van der Waals surface area (Å²) in [5.74, 6) is -0.783. The Morgan fingerprint density at radius 3 is 2.75 bits per heavy atom. The first-order valence-electron chi connectivity index (χ1n) is 5.20. The van der Waals surface area contributed by atoms with Crippen LogP contribution in [-0.2, 0) is 11.8 Å². The molecule has 5 heteroatoms. The lowest BCUT2D eigenvalue weighted by atomic mass is 10.0. The van der Waals surface area contributed by atoms with Gasteiger partial charge in [-0.05, 0) is 26.0 Å². The molecule has 0 saturated carbocycles. The van der Waals surface area contributed by atoms with Gasteiger partial charge < -0.3 is 9.67 Å². The predicted molar refractivity (Wildman–Crippen MR) is 64.4 cm³/mol. The van der Waals surface area contributed by atoms with E-state index in [0.29, 0.717) is 0 Å². The summed E-state index contributed by atoms with van der Waals surface area (Å²) >= 11 is 1.66. The molecule has 2 heterocycles. The number of aromatic nitrogens is 1. The number of nitrogens with one attached hydrogen (secondary N) is 1. The van der Waals surface area contributed by atoms with E-state index in [9.17, 15) is 4.79 Å². The van der Waals surface area contributed by atoms with Crippen LogP contribution in [0.1, 0.15) is 24.9 Å². The molecule has 0 radical (unpaired) electrons. The van der Waals surface area contributed by atoms with Gasteiger partial charge in [0, 0.05) is 23.7 Å². The lowest BCUT2D eigenvalue weighted by molar-refractivity contribution is -0.139. The number of carboxylic acid groups (broad SMARTS) is 1. The van der Waals surface area contributed by atoms with Gasteiger partial charge in [-0.15, -0.1) is 11.8 Å². The van der Waals surface area contributed by atoms with E-state index in [1.807, 2.05) is 43.8 Å². The molecule has 1 fully saturated rings. The lowest BCUT2D eigenvalue weighted by Crippen LogP contribution is -2.43. The van der Waals surface area contributed by atoms with E-state index in [2.05, 4.69) is 5.32 Å². The summed E-state index contributed by atoms with van der Waals surface area (Å²) in [6.45, 7) is 3.93. The Kier molecular flexibility index (Phi) is 2.75. The fourth-order valence-corrected chi connectivity index (χ4v) is 3.50. The first-order valence-corrected chi connectivity index (χ1v) is 6.07. The van der Waals surface area contributed by atoms with Gasteiger partial charge in [-0.3, -0.25) is 10.1 Å². The molecule has 0 amide bonds. The Hall–Kier alpha value is -0.940. The van der Waals surface area contributed by atoms with Crippen LogP contribution in [0.5, 0.6) is 0 Å². The SMILES string of the molecule is Cn1cccc1C1NC(C(=O)O)C(C)(C)S1. The van der Waals surface area contributed by atoms with Crippen molar-refractivity contribution in [3.8, 4) is 0 Å².